The first-order valence-corrected chi connectivity index (χ1v) is 10.1. The Labute approximate surface area is 185 Å². The first-order valence-electron chi connectivity index (χ1n) is 10.1. The van der Waals surface area contributed by atoms with Crippen molar-refractivity contribution < 1.29 is 18.7 Å². The molecule has 0 fully saturated rings. The van der Waals surface area contributed by atoms with Gasteiger partial charge in [0.15, 0.2) is 18.3 Å². The lowest BCUT2D eigenvalue weighted by atomic mass is 9.85. The number of halogens is 1. The Hall–Kier alpha value is -3.80. The molecule has 166 valence electrons. The van der Waals surface area contributed by atoms with E-state index in [4.69, 9.17) is 10.5 Å². The van der Waals surface area contributed by atoms with Gasteiger partial charge in [0.05, 0.1) is 24.4 Å². The lowest BCUT2D eigenvalue weighted by Gasteiger charge is -2.34. The molecule has 1 aromatic heterocycles. The highest BCUT2D eigenvalue weighted by molar-refractivity contribution is 5.99. The zero-order chi connectivity index (χ0) is 23.3. The molecule has 2 heterocycles. The van der Waals surface area contributed by atoms with Gasteiger partial charge in [0.25, 0.3) is 0 Å². The van der Waals surface area contributed by atoms with Crippen molar-refractivity contribution >= 4 is 17.6 Å². The summed E-state index contributed by atoms with van der Waals surface area (Å²) < 4.78 is 20.0. The van der Waals surface area contributed by atoms with E-state index in [-0.39, 0.29) is 54.2 Å². The summed E-state index contributed by atoms with van der Waals surface area (Å²) in [6.45, 7) is 3.77. The number of aliphatic imine (C=N–C) groups is 1. The molecule has 2 N–H and O–H groups in total. The number of aromatic nitrogens is 2. The zero-order valence-electron chi connectivity index (χ0n) is 18.2. The number of carbonyl (C=O) groups is 2. The van der Waals surface area contributed by atoms with Crippen molar-refractivity contribution in [2.45, 2.75) is 38.6 Å². The highest BCUT2D eigenvalue weighted by atomic mass is 19.1. The molecule has 2 aromatic rings. The normalized spacial score (nSPS) is 17.9. The van der Waals surface area contributed by atoms with Crippen LogP contribution in [-0.4, -0.2) is 46.2 Å². The third-order valence-corrected chi connectivity index (χ3v) is 5.06. The Balaban J connectivity index is 1.76. The minimum atomic E-state index is -1.16. The van der Waals surface area contributed by atoms with Crippen LogP contribution in [0.3, 0.4) is 0 Å². The second kappa shape index (κ2) is 9.56. The van der Waals surface area contributed by atoms with E-state index in [1.807, 2.05) is 6.92 Å². The lowest BCUT2D eigenvalue weighted by Crippen LogP contribution is -2.47. The molecule has 1 atom stereocenters. The minimum Gasteiger partial charge on any atom is -0.463 e. The molecule has 8 nitrogen and oxygen atoms in total. The molecule has 1 aliphatic rings. The van der Waals surface area contributed by atoms with Crippen molar-refractivity contribution in [1.82, 2.24) is 14.9 Å². The Kier molecular flexibility index (Phi) is 6.83. The molecule has 1 aromatic carbocycles. The highest BCUT2D eigenvalue weighted by Gasteiger charge is 2.38. The molecule has 1 amide bonds. The predicted molar refractivity (Wildman–Crippen MR) is 116 cm³/mol. The third kappa shape index (κ3) is 5.09. The fourth-order valence-electron chi connectivity index (χ4n) is 3.26. The van der Waals surface area contributed by atoms with Crippen LogP contribution in [0.1, 0.15) is 48.3 Å². The number of carbonyl (C=O) groups excluding carboxylic acids is 2. The summed E-state index contributed by atoms with van der Waals surface area (Å²) in [5, 5.41) is 0. The summed E-state index contributed by atoms with van der Waals surface area (Å²) in [7, 11) is 1.52. The molecule has 0 saturated carbocycles. The summed E-state index contributed by atoms with van der Waals surface area (Å²) in [6, 6.07) is 4.32. The first-order chi connectivity index (χ1) is 15.2. The van der Waals surface area contributed by atoms with Crippen LogP contribution in [0.15, 0.2) is 35.6 Å². The van der Waals surface area contributed by atoms with Gasteiger partial charge in [-0.05, 0) is 24.6 Å². The average Bonchev–Trinajstić information content (AvgIpc) is 2.76. The lowest BCUT2D eigenvalue weighted by molar-refractivity contribution is -0.128. The second-order valence-electron chi connectivity index (χ2n) is 7.52. The molecule has 0 bridgehead atoms. The van der Waals surface area contributed by atoms with Crippen molar-refractivity contribution in [2.24, 2.45) is 10.7 Å². The minimum absolute atomic E-state index is 0.0166. The number of benzene rings is 1. The molecule has 9 heteroatoms. The number of hydrogen-bond donors (Lipinski definition) is 1. The number of nitrogens with zero attached hydrogens (tertiary/aromatic N) is 4. The summed E-state index contributed by atoms with van der Waals surface area (Å²) >= 11 is 0. The maximum atomic E-state index is 14.6. The SMILES string of the molecule is CCC#CCOc1cnc(C(=O)Cc2ccc(F)c(C3(C)CC(=O)N(C)C(N)=N3)c2)cn1. The first kappa shape index (κ1) is 22.9. The van der Waals surface area contributed by atoms with E-state index in [0.29, 0.717) is 5.56 Å². The Morgan fingerprint density at radius 1 is 1.31 bits per heavy atom. The second-order valence-corrected chi connectivity index (χ2v) is 7.52. The van der Waals surface area contributed by atoms with Gasteiger partial charge in [-0.3, -0.25) is 14.5 Å². The number of nitrogens with two attached hydrogens (primary N) is 1. The summed E-state index contributed by atoms with van der Waals surface area (Å²) in [5.41, 5.74) is 5.60. The predicted octanol–water partition coefficient (Wildman–Crippen LogP) is 2.23. The van der Waals surface area contributed by atoms with E-state index in [9.17, 15) is 14.0 Å². The Morgan fingerprint density at radius 2 is 2.09 bits per heavy atom. The number of amides is 1. The maximum absolute atomic E-state index is 14.6. The van der Waals surface area contributed by atoms with Crippen LogP contribution in [0, 0.1) is 17.7 Å². The van der Waals surface area contributed by atoms with E-state index in [2.05, 4.69) is 26.8 Å². The van der Waals surface area contributed by atoms with E-state index >= 15 is 0 Å². The van der Waals surface area contributed by atoms with E-state index in [1.54, 1.807) is 13.0 Å². The van der Waals surface area contributed by atoms with Gasteiger partial charge in [-0.1, -0.05) is 18.9 Å². The van der Waals surface area contributed by atoms with Crippen LogP contribution in [0.5, 0.6) is 5.88 Å². The monoisotopic (exact) mass is 437 g/mol. The standard InChI is InChI=1S/C23H24FN5O3/c1-4-5-6-9-32-20-14-26-18(13-27-20)19(30)11-15-7-8-17(24)16(10-15)23(2)12-21(31)29(3)22(25)28-23/h7-8,10,13-14H,4,9,11-12H2,1-3H3,(H2,25,28). The average molecular weight is 437 g/mol. The zero-order valence-corrected chi connectivity index (χ0v) is 18.2. The number of guanidine groups is 1. The van der Waals surface area contributed by atoms with Gasteiger partial charge in [-0.15, -0.1) is 5.92 Å². The maximum Gasteiger partial charge on any atom is 0.233 e. The van der Waals surface area contributed by atoms with E-state index < -0.39 is 11.4 Å². The fourth-order valence-corrected chi connectivity index (χ4v) is 3.26. The van der Waals surface area contributed by atoms with Gasteiger partial charge >= 0.3 is 0 Å². The molecule has 0 spiro atoms. The van der Waals surface area contributed by atoms with Gasteiger partial charge < -0.3 is 10.5 Å². The Morgan fingerprint density at radius 3 is 2.75 bits per heavy atom. The fraction of sp³-hybridized carbons (Fsp3) is 0.348. The van der Waals surface area contributed by atoms with Crippen LogP contribution in [0.4, 0.5) is 4.39 Å². The van der Waals surface area contributed by atoms with Crippen LogP contribution in [-0.2, 0) is 16.8 Å². The van der Waals surface area contributed by atoms with Crippen molar-refractivity contribution in [1.29, 1.82) is 0 Å². The van der Waals surface area contributed by atoms with Crippen LogP contribution >= 0.6 is 0 Å². The largest absolute Gasteiger partial charge is 0.463 e. The van der Waals surface area contributed by atoms with Crippen molar-refractivity contribution in [2.75, 3.05) is 13.7 Å². The quantitative estimate of drug-likeness (QED) is 0.548. The van der Waals surface area contributed by atoms with Gasteiger partial charge in [-0.2, -0.15) is 0 Å². The highest BCUT2D eigenvalue weighted by Crippen LogP contribution is 2.35. The topological polar surface area (TPSA) is 111 Å². The molecule has 0 saturated heterocycles. The summed E-state index contributed by atoms with van der Waals surface area (Å²) in [6.07, 6.45) is 3.37. The molecule has 32 heavy (non-hydrogen) atoms. The number of Topliss-reactive ketones (excluding diaryl/α,β-unsaturated/α-hetero) is 1. The van der Waals surface area contributed by atoms with Crippen LogP contribution < -0.4 is 10.5 Å². The molecule has 0 aliphatic carbocycles. The van der Waals surface area contributed by atoms with Gasteiger partial charge in [0.1, 0.15) is 11.5 Å². The van der Waals surface area contributed by atoms with Gasteiger partial charge in [0, 0.05) is 25.5 Å². The summed E-state index contributed by atoms with van der Waals surface area (Å²) in [4.78, 5) is 38.6. The number of hydrogen-bond acceptors (Lipinski definition) is 7. The smallest absolute Gasteiger partial charge is 0.233 e. The molecular weight excluding hydrogens is 413 g/mol. The van der Waals surface area contributed by atoms with Gasteiger partial charge in [0.2, 0.25) is 11.8 Å². The number of ketones is 1. The Bertz CT molecular complexity index is 1120. The number of ether oxygens (including phenoxy) is 1. The van der Waals surface area contributed by atoms with Crippen molar-refractivity contribution in [3.05, 3.63) is 53.2 Å². The van der Waals surface area contributed by atoms with Crippen molar-refractivity contribution in [3.8, 4) is 17.7 Å². The van der Waals surface area contributed by atoms with Crippen molar-refractivity contribution in [3.63, 3.8) is 0 Å². The molecule has 3 rings (SSSR count). The molecular formula is C23H24FN5O3. The summed E-state index contributed by atoms with van der Waals surface area (Å²) in [5.74, 6) is 4.91. The van der Waals surface area contributed by atoms with Crippen LogP contribution in [0.2, 0.25) is 0 Å². The number of rotatable bonds is 6. The third-order valence-electron chi connectivity index (χ3n) is 5.06. The van der Waals surface area contributed by atoms with Gasteiger partial charge in [-0.25, -0.2) is 19.4 Å². The molecule has 0 radical (unpaired) electrons. The molecule has 1 aliphatic heterocycles. The van der Waals surface area contributed by atoms with E-state index in [0.717, 1.165) is 6.42 Å². The van der Waals surface area contributed by atoms with Crippen LogP contribution in [0.25, 0.3) is 0 Å². The molecule has 1 unspecified atom stereocenters. The van der Waals surface area contributed by atoms with E-state index in [1.165, 1.54) is 36.5 Å².